The first-order chi connectivity index (χ1) is 10.2. The Bertz CT molecular complexity index is 617. The van der Waals surface area contributed by atoms with Gasteiger partial charge in [0.1, 0.15) is 0 Å². The minimum atomic E-state index is 0.710. The maximum absolute atomic E-state index is 4.07. The monoisotopic (exact) mass is 284 g/mol. The second-order valence-corrected chi connectivity index (χ2v) is 5.53. The first-order valence-electron chi connectivity index (χ1n) is 7.14. The second kappa shape index (κ2) is 6.05. The summed E-state index contributed by atoms with van der Waals surface area (Å²) in [5, 5.41) is 14.3. The molecule has 1 aromatic heterocycles. The molecular weight excluding hydrogens is 264 g/mol. The number of rotatable bonds is 4. The number of nitrogens with zero attached hydrogens (tertiary/aromatic N) is 5. The van der Waals surface area contributed by atoms with Crippen molar-refractivity contribution in [2.45, 2.75) is 13.0 Å². The summed E-state index contributed by atoms with van der Waals surface area (Å²) in [6, 6.07) is 8.67. The highest BCUT2D eigenvalue weighted by Gasteiger charge is 2.17. The first-order valence-corrected chi connectivity index (χ1v) is 7.14. The number of hydrogen-bond donors (Lipinski definition) is 1. The van der Waals surface area contributed by atoms with Gasteiger partial charge < -0.3 is 4.90 Å². The van der Waals surface area contributed by atoms with E-state index in [-0.39, 0.29) is 0 Å². The third kappa shape index (κ3) is 3.28. The molecule has 3 rings (SSSR count). The summed E-state index contributed by atoms with van der Waals surface area (Å²) < 4.78 is 0. The maximum Gasteiger partial charge on any atom is 0.201 e. The number of anilines is 1. The Hall–Kier alpha value is -2.21. The van der Waals surface area contributed by atoms with Crippen LogP contribution in [0.5, 0.6) is 0 Å². The highest BCUT2D eigenvalue weighted by molar-refractivity contribution is 5.61. The molecule has 6 heteroatoms. The SMILES string of the molecule is CN(C)c1cccc(CN2CCC=C(c3nn[nH]n3)C2)c1. The van der Waals surface area contributed by atoms with E-state index in [1.807, 2.05) is 0 Å². The van der Waals surface area contributed by atoms with Crippen LogP contribution in [0.25, 0.3) is 5.57 Å². The van der Waals surface area contributed by atoms with Gasteiger partial charge in [-0.1, -0.05) is 18.2 Å². The van der Waals surface area contributed by atoms with E-state index >= 15 is 0 Å². The lowest BCUT2D eigenvalue weighted by Gasteiger charge is -2.26. The number of tetrazole rings is 1. The molecule has 0 bridgehead atoms. The van der Waals surface area contributed by atoms with Gasteiger partial charge in [0.05, 0.1) is 0 Å². The van der Waals surface area contributed by atoms with Gasteiger partial charge in [0.25, 0.3) is 0 Å². The third-order valence-electron chi connectivity index (χ3n) is 3.70. The Labute approximate surface area is 124 Å². The molecule has 0 unspecified atom stereocenters. The van der Waals surface area contributed by atoms with Crippen molar-refractivity contribution in [2.75, 3.05) is 32.1 Å². The van der Waals surface area contributed by atoms with E-state index in [9.17, 15) is 0 Å². The zero-order valence-electron chi connectivity index (χ0n) is 12.5. The van der Waals surface area contributed by atoms with E-state index in [4.69, 9.17) is 0 Å². The summed E-state index contributed by atoms with van der Waals surface area (Å²) in [4.78, 5) is 4.55. The zero-order chi connectivity index (χ0) is 14.7. The molecular formula is C15H20N6. The molecule has 0 aliphatic carbocycles. The normalized spacial score (nSPS) is 15.8. The molecule has 1 N–H and O–H groups in total. The quantitative estimate of drug-likeness (QED) is 0.923. The van der Waals surface area contributed by atoms with E-state index in [2.05, 4.69) is 74.9 Å². The predicted octanol–water partition coefficient (Wildman–Crippen LogP) is 1.55. The fourth-order valence-corrected chi connectivity index (χ4v) is 2.59. The molecule has 0 saturated carbocycles. The predicted molar refractivity (Wildman–Crippen MR) is 82.8 cm³/mol. The second-order valence-electron chi connectivity index (χ2n) is 5.53. The van der Waals surface area contributed by atoms with E-state index in [1.54, 1.807) is 0 Å². The van der Waals surface area contributed by atoms with Crippen LogP contribution in [0.2, 0.25) is 0 Å². The fraction of sp³-hybridized carbons (Fsp3) is 0.400. The molecule has 1 aliphatic rings. The Morgan fingerprint density at radius 1 is 1.33 bits per heavy atom. The van der Waals surface area contributed by atoms with Crippen molar-refractivity contribution in [2.24, 2.45) is 0 Å². The van der Waals surface area contributed by atoms with Crippen LogP contribution in [-0.2, 0) is 6.54 Å². The summed E-state index contributed by atoms with van der Waals surface area (Å²) in [5.74, 6) is 0.710. The van der Waals surface area contributed by atoms with Crippen LogP contribution in [0.15, 0.2) is 30.3 Å². The first kappa shape index (κ1) is 13.8. The smallest absolute Gasteiger partial charge is 0.201 e. The number of benzene rings is 1. The molecule has 0 amide bonds. The summed E-state index contributed by atoms with van der Waals surface area (Å²) >= 11 is 0. The van der Waals surface area contributed by atoms with Crippen LogP contribution >= 0.6 is 0 Å². The molecule has 0 fully saturated rings. The average Bonchev–Trinajstić information content (AvgIpc) is 3.02. The lowest BCUT2D eigenvalue weighted by atomic mass is 10.1. The third-order valence-corrected chi connectivity index (χ3v) is 3.70. The van der Waals surface area contributed by atoms with E-state index < -0.39 is 0 Å². The topological polar surface area (TPSA) is 60.9 Å². The largest absolute Gasteiger partial charge is 0.378 e. The molecule has 110 valence electrons. The zero-order valence-corrected chi connectivity index (χ0v) is 12.5. The molecule has 21 heavy (non-hydrogen) atoms. The average molecular weight is 284 g/mol. The Balaban J connectivity index is 1.69. The van der Waals surface area contributed by atoms with Gasteiger partial charge in [0.2, 0.25) is 5.82 Å². The van der Waals surface area contributed by atoms with E-state index in [1.165, 1.54) is 11.3 Å². The molecule has 0 spiro atoms. The number of H-pyrrole nitrogens is 1. The number of nitrogens with one attached hydrogen (secondary N) is 1. The summed E-state index contributed by atoms with van der Waals surface area (Å²) in [7, 11) is 4.13. The molecule has 0 radical (unpaired) electrons. The van der Waals surface area contributed by atoms with Crippen molar-refractivity contribution in [3.05, 3.63) is 41.7 Å². The maximum atomic E-state index is 4.07. The van der Waals surface area contributed by atoms with Crippen molar-refractivity contribution in [3.8, 4) is 0 Å². The van der Waals surface area contributed by atoms with Gasteiger partial charge in [-0.05, 0) is 29.3 Å². The Morgan fingerprint density at radius 2 is 2.24 bits per heavy atom. The summed E-state index contributed by atoms with van der Waals surface area (Å²) in [6.45, 7) is 2.87. The van der Waals surface area contributed by atoms with Gasteiger partial charge in [-0.2, -0.15) is 5.21 Å². The molecule has 1 aromatic carbocycles. The van der Waals surface area contributed by atoms with Gasteiger partial charge in [-0.25, -0.2) is 0 Å². The highest BCUT2D eigenvalue weighted by Crippen LogP contribution is 2.20. The summed E-state index contributed by atoms with van der Waals surface area (Å²) in [5.41, 5.74) is 3.72. The standard InChI is InChI=1S/C15H20N6/c1-20(2)14-7-3-5-12(9-14)10-21-8-4-6-13(11-21)15-16-18-19-17-15/h3,5-7,9H,4,8,10-11H2,1-2H3,(H,16,17,18,19). The summed E-state index contributed by atoms with van der Waals surface area (Å²) in [6.07, 6.45) is 3.23. The van der Waals surface area contributed by atoms with Crippen LogP contribution < -0.4 is 4.90 Å². The van der Waals surface area contributed by atoms with E-state index in [0.717, 1.165) is 31.6 Å². The van der Waals surface area contributed by atoms with Gasteiger partial charge >= 0.3 is 0 Å². The van der Waals surface area contributed by atoms with Crippen molar-refractivity contribution >= 4 is 11.3 Å². The van der Waals surface area contributed by atoms with Crippen LogP contribution in [0.4, 0.5) is 5.69 Å². The van der Waals surface area contributed by atoms with Crippen molar-refractivity contribution < 1.29 is 0 Å². The number of hydrogen-bond acceptors (Lipinski definition) is 5. The minimum absolute atomic E-state index is 0.710. The van der Waals surface area contributed by atoms with Crippen molar-refractivity contribution in [1.29, 1.82) is 0 Å². The van der Waals surface area contributed by atoms with Crippen molar-refractivity contribution in [3.63, 3.8) is 0 Å². The lowest BCUT2D eigenvalue weighted by Crippen LogP contribution is -2.29. The van der Waals surface area contributed by atoms with Crippen LogP contribution in [0.3, 0.4) is 0 Å². The highest BCUT2D eigenvalue weighted by atomic mass is 15.5. The van der Waals surface area contributed by atoms with Gasteiger partial charge in [-0.3, -0.25) is 4.90 Å². The fourth-order valence-electron chi connectivity index (χ4n) is 2.59. The molecule has 2 heterocycles. The van der Waals surface area contributed by atoms with Gasteiger partial charge in [-0.15, -0.1) is 10.2 Å². The van der Waals surface area contributed by atoms with Gasteiger partial charge in [0.15, 0.2) is 0 Å². The minimum Gasteiger partial charge on any atom is -0.378 e. The van der Waals surface area contributed by atoms with Crippen LogP contribution in [-0.4, -0.2) is 52.7 Å². The van der Waals surface area contributed by atoms with E-state index in [0.29, 0.717) is 5.82 Å². The Kier molecular flexibility index (Phi) is 3.96. The van der Waals surface area contributed by atoms with Crippen molar-refractivity contribution in [1.82, 2.24) is 25.5 Å². The molecule has 6 nitrogen and oxygen atoms in total. The van der Waals surface area contributed by atoms with Gasteiger partial charge in [0, 0.05) is 45.0 Å². The van der Waals surface area contributed by atoms with Crippen LogP contribution in [0, 0.1) is 0 Å². The van der Waals surface area contributed by atoms with Crippen LogP contribution in [0.1, 0.15) is 17.8 Å². The molecule has 1 aliphatic heterocycles. The molecule has 0 saturated heterocycles. The molecule has 0 atom stereocenters. The Morgan fingerprint density at radius 3 is 3.00 bits per heavy atom. The number of aromatic amines is 1. The number of aromatic nitrogens is 4. The molecule has 2 aromatic rings. The lowest BCUT2D eigenvalue weighted by molar-refractivity contribution is 0.296.